The van der Waals surface area contributed by atoms with E-state index in [-0.39, 0.29) is 12.3 Å². The molecule has 39 heavy (non-hydrogen) atoms. The van der Waals surface area contributed by atoms with Crippen molar-refractivity contribution in [1.29, 1.82) is 0 Å². The summed E-state index contributed by atoms with van der Waals surface area (Å²) in [7, 11) is 1.92. The Morgan fingerprint density at radius 2 is 1.92 bits per heavy atom. The lowest BCUT2D eigenvalue weighted by molar-refractivity contribution is 0.0248. The lowest BCUT2D eigenvalue weighted by atomic mass is 9.94. The van der Waals surface area contributed by atoms with Crippen LogP contribution in [0.2, 0.25) is 0 Å². The van der Waals surface area contributed by atoms with Crippen LogP contribution < -0.4 is 5.32 Å². The fraction of sp³-hybridized carbons (Fsp3) is 0.286. The molecule has 11 heteroatoms. The Balaban J connectivity index is 1.55. The van der Waals surface area contributed by atoms with Gasteiger partial charge in [0.1, 0.15) is 17.1 Å². The van der Waals surface area contributed by atoms with Crippen molar-refractivity contribution >= 4 is 45.6 Å². The number of amides is 2. The van der Waals surface area contributed by atoms with Crippen LogP contribution in [0, 0.1) is 0 Å². The maximum atomic E-state index is 13.7. The van der Waals surface area contributed by atoms with Gasteiger partial charge in [0.25, 0.3) is 5.91 Å². The van der Waals surface area contributed by atoms with Crippen LogP contribution in [0.5, 0.6) is 0 Å². The molecular weight excluding hydrogens is 518 g/mol. The van der Waals surface area contributed by atoms with E-state index in [1.165, 1.54) is 0 Å². The number of hydrogen-bond acceptors (Lipinski definition) is 8. The highest BCUT2D eigenvalue weighted by Gasteiger charge is 2.38. The maximum absolute atomic E-state index is 13.7. The van der Waals surface area contributed by atoms with E-state index in [1.807, 2.05) is 36.0 Å². The molecule has 0 spiro atoms. The quantitative estimate of drug-likeness (QED) is 0.345. The second kappa shape index (κ2) is 10.2. The Bertz CT molecular complexity index is 1610. The predicted octanol–water partition coefficient (Wildman–Crippen LogP) is 4.69. The van der Waals surface area contributed by atoms with Crippen molar-refractivity contribution < 1.29 is 23.1 Å². The van der Waals surface area contributed by atoms with Gasteiger partial charge < -0.3 is 19.2 Å². The number of aryl methyl sites for hydroxylation is 2. The van der Waals surface area contributed by atoms with Crippen LogP contribution in [0.15, 0.2) is 55.0 Å². The minimum Gasteiger partial charge on any atom is -0.772 e. The van der Waals surface area contributed by atoms with Gasteiger partial charge in [0.2, 0.25) is 0 Å². The third-order valence-corrected chi connectivity index (χ3v) is 6.94. The Labute approximate surface area is 228 Å². The van der Waals surface area contributed by atoms with Gasteiger partial charge in [-0.3, -0.25) is 9.00 Å². The molecule has 1 aliphatic heterocycles. The molecule has 2 amide bonds. The van der Waals surface area contributed by atoms with Gasteiger partial charge in [0, 0.05) is 36.8 Å². The number of aromatic nitrogens is 3. The molecule has 1 aromatic carbocycles. The molecule has 0 fully saturated rings. The summed E-state index contributed by atoms with van der Waals surface area (Å²) in [5.41, 5.74) is 4.12. The SMILES string of the molecule is Cn1ccc2c(-c3ccc(Nc4ccc(CCS(=O)[O-])cn4)c4c3CN(C(=O)OC(C)(C)C)C4=O)ccnc21. The second-order valence-electron chi connectivity index (χ2n) is 10.3. The Kier molecular flexibility index (Phi) is 6.96. The molecule has 202 valence electrons. The molecule has 4 aromatic rings. The van der Waals surface area contributed by atoms with Gasteiger partial charge in [0.05, 0.1) is 17.8 Å². The minimum atomic E-state index is -2.13. The molecule has 0 aliphatic carbocycles. The van der Waals surface area contributed by atoms with E-state index in [1.54, 1.807) is 51.4 Å². The predicted molar refractivity (Wildman–Crippen MR) is 147 cm³/mol. The van der Waals surface area contributed by atoms with Crippen molar-refractivity contribution in [2.75, 3.05) is 11.1 Å². The number of carbonyl (C=O) groups excluding carboxylic acids is 2. The van der Waals surface area contributed by atoms with Gasteiger partial charge in [-0.25, -0.2) is 19.7 Å². The van der Waals surface area contributed by atoms with Gasteiger partial charge in [-0.2, -0.15) is 0 Å². The molecule has 3 aromatic heterocycles. The number of imide groups is 1. The van der Waals surface area contributed by atoms with Crippen LogP contribution in [0.3, 0.4) is 0 Å². The zero-order valence-electron chi connectivity index (χ0n) is 22.1. The summed E-state index contributed by atoms with van der Waals surface area (Å²) in [6.07, 6.45) is 4.91. The third-order valence-electron chi connectivity index (χ3n) is 6.41. The van der Waals surface area contributed by atoms with Gasteiger partial charge in [0.15, 0.2) is 0 Å². The van der Waals surface area contributed by atoms with E-state index in [4.69, 9.17) is 4.74 Å². The number of benzene rings is 1. The maximum Gasteiger partial charge on any atom is 0.417 e. The van der Waals surface area contributed by atoms with E-state index in [9.17, 15) is 18.4 Å². The number of anilines is 2. The van der Waals surface area contributed by atoms with Crippen molar-refractivity contribution in [3.8, 4) is 11.1 Å². The number of carbonyl (C=O) groups is 2. The van der Waals surface area contributed by atoms with Crippen LogP contribution in [0.4, 0.5) is 16.3 Å². The third kappa shape index (κ3) is 5.41. The van der Waals surface area contributed by atoms with Crippen molar-refractivity contribution in [3.05, 3.63) is 71.7 Å². The highest BCUT2D eigenvalue weighted by atomic mass is 32.2. The summed E-state index contributed by atoms with van der Waals surface area (Å²) in [5, 5.41) is 4.14. The van der Waals surface area contributed by atoms with Gasteiger partial charge in [-0.1, -0.05) is 23.2 Å². The number of fused-ring (bicyclic) bond motifs is 2. The molecule has 1 unspecified atom stereocenters. The summed E-state index contributed by atoms with van der Waals surface area (Å²) in [6.45, 7) is 5.32. The van der Waals surface area contributed by atoms with Gasteiger partial charge in [-0.15, -0.1) is 0 Å². The van der Waals surface area contributed by atoms with E-state index >= 15 is 0 Å². The van der Waals surface area contributed by atoms with Gasteiger partial charge in [-0.05, 0) is 73.7 Å². The summed E-state index contributed by atoms with van der Waals surface area (Å²) in [4.78, 5) is 36.7. The van der Waals surface area contributed by atoms with Crippen LogP contribution >= 0.6 is 0 Å². The standard InChI is InChI=1S/C28H29N5O5S/c1-28(2,3)38-27(35)33-16-21-18(19-9-12-29-25-20(19)10-13-32(25)4)6-7-22(24(21)26(33)34)31-23-8-5-17(15-30-23)11-14-39(36)37/h5-10,12-13,15H,11,14,16H2,1-4H3,(H,30,31)(H,36,37)/p-1. The molecular formula is C28H28N5O5S-. The topological polar surface area (TPSA) is 129 Å². The van der Waals surface area contributed by atoms with Crippen LogP contribution in [0.25, 0.3) is 22.2 Å². The molecule has 5 rings (SSSR count). The van der Waals surface area contributed by atoms with Crippen molar-refractivity contribution in [2.45, 2.75) is 39.3 Å². The first-order valence-corrected chi connectivity index (χ1v) is 13.6. The molecule has 1 N–H and O–H groups in total. The second-order valence-corrected chi connectivity index (χ2v) is 11.4. The number of ether oxygens (including phenoxy) is 1. The summed E-state index contributed by atoms with van der Waals surface area (Å²) in [6, 6.07) is 11.1. The number of nitrogens with zero attached hydrogens (tertiary/aromatic N) is 4. The first-order chi connectivity index (χ1) is 18.5. The van der Waals surface area contributed by atoms with Gasteiger partial charge >= 0.3 is 6.09 Å². The van der Waals surface area contributed by atoms with Crippen molar-refractivity contribution in [2.24, 2.45) is 7.05 Å². The molecule has 0 saturated heterocycles. The van der Waals surface area contributed by atoms with Crippen LogP contribution in [-0.2, 0) is 35.8 Å². The summed E-state index contributed by atoms with van der Waals surface area (Å²) in [5.74, 6) is 0.0357. The monoisotopic (exact) mass is 546 g/mol. The summed E-state index contributed by atoms with van der Waals surface area (Å²) >= 11 is -2.13. The highest BCUT2D eigenvalue weighted by Crippen LogP contribution is 2.40. The fourth-order valence-electron chi connectivity index (χ4n) is 4.63. The van der Waals surface area contributed by atoms with E-state index in [0.29, 0.717) is 29.1 Å². The van der Waals surface area contributed by atoms with Crippen LogP contribution in [0.1, 0.15) is 42.3 Å². The number of rotatable bonds is 6. The zero-order chi connectivity index (χ0) is 27.9. The Morgan fingerprint density at radius 3 is 2.62 bits per heavy atom. The molecule has 10 nitrogen and oxygen atoms in total. The van der Waals surface area contributed by atoms with Crippen molar-refractivity contribution in [1.82, 2.24) is 19.4 Å². The average Bonchev–Trinajstić information content (AvgIpc) is 3.43. The molecule has 0 bridgehead atoms. The lowest BCUT2D eigenvalue weighted by Gasteiger charge is -2.23. The van der Waals surface area contributed by atoms with E-state index in [2.05, 4.69) is 15.3 Å². The number of pyridine rings is 2. The average molecular weight is 547 g/mol. The fourth-order valence-corrected chi connectivity index (χ4v) is 5.03. The smallest absolute Gasteiger partial charge is 0.417 e. The van der Waals surface area contributed by atoms with E-state index < -0.39 is 28.7 Å². The summed E-state index contributed by atoms with van der Waals surface area (Å²) < 4.78 is 29.2. The molecule has 1 atom stereocenters. The van der Waals surface area contributed by atoms with Crippen molar-refractivity contribution in [3.63, 3.8) is 0 Å². The first-order valence-electron chi connectivity index (χ1n) is 12.4. The van der Waals surface area contributed by atoms with E-state index in [0.717, 1.165) is 32.6 Å². The minimum absolute atomic E-state index is 0.0160. The largest absolute Gasteiger partial charge is 0.772 e. The lowest BCUT2D eigenvalue weighted by Crippen LogP contribution is -2.37. The molecule has 0 radical (unpaired) electrons. The first kappa shape index (κ1) is 26.5. The van der Waals surface area contributed by atoms with Crippen LogP contribution in [-0.4, -0.2) is 51.6 Å². The molecule has 4 heterocycles. The Hall–Kier alpha value is -4.09. The Morgan fingerprint density at radius 1 is 1.13 bits per heavy atom. The normalized spacial score (nSPS) is 14.0. The molecule has 1 aliphatic rings. The number of nitrogens with one attached hydrogen (secondary N) is 1. The molecule has 0 saturated carbocycles. The highest BCUT2D eigenvalue weighted by molar-refractivity contribution is 7.79. The zero-order valence-corrected chi connectivity index (χ0v) is 22.9. The number of hydrogen-bond donors (Lipinski definition) is 1.